The Labute approximate surface area is 73.8 Å². The fourth-order valence-electron chi connectivity index (χ4n) is 0.776. The summed E-state index contributed by atoms with van der Waals surface area (Å²) in [6, 6.07) is 9.62. The SMILES string of the molecule is C=CC[Te](=O)c1ccccc1. The van der Waals surface area contributed by atoms with Gasteiger partial charge in [-0.2, -0.15) is 0 Å². The quantitative estimate of drug-likeness (QED) is 0.595. The first-order valence-electron chi connectivity index (χ1n) is 3.39. The van der Waals surface area contributed by atoms with Gasteiger partial charge in [-0.25, -0.2) is 0 Å². The Morgan fingerprint density at radius 3 is 2.55 bits per heavy atom. The van der Waals surface area contributed by atoms with Gasteiger partial charge in [-0.05, 0) is 0 Å². The van der Waals surface area contributed by atoms with Crippen LogP contribution >= 0.6 is 0 Å². The molecule has 0 aliphatic rings. The van der Waals surface area contributed by atoms with Gasteiger partial charge in [0.2, 0.25) is 0 Å². The van der Waals surface area contributed by atoms with Gasteiger partial charge in [0.15, 0.2) is 0 Å². The molecule has 0 amide bonds. The summed E-state index contributed by atoms with van der Waals surface area (Å²) >= 11 is -2.22. The molecule has 0 atom stereocenters. The third-order valence-corrected chi connectivity index (χ3v) is 5.09. The van der Waals surface area contributed by atoms with Crippen molar-refractivity contribution in [2.24, 2.45) is 0 Å². The number of hydrogen-bond acceptors (Lipinski definition) is 1. The van der Waals surface area contributed by atoms with Crippen LogP contribution in [0.2, 0.25) is 4.47 Å². The molecule has 1 rings (SSSR count). The Balaban J connectivity index is 2.77. The average molecular weight is 262 g/mol. The first-order valence-corrected chi connectivity index (χ1v) is 7.15. The summed E-state index contributed by atoms with van der Waals surface area (Å²) in [6.07, 6.45) is 1.73. The molecule has 0 spiro atoms. The van der Waals surface area contributed by atoms with E-state index in [0.717, 1.165) is 3.61 Å². The van der Waals surface area contributed by atoms with Crippen molar-refractivity contribution in [3.8, 4) is 0 Å². The molecule has 0 fully saturated rings. The number of benzene rings is 1. The van der Waals surface area contributed by atoms with E-state index in [-0.39, 0.29) is 0 Å². The van der Waals surface area contributed by atoms with E-state index in [2.05, 4.69) is 6.58 Å². The normalized spacial score (nSPS) is 9.91. The van der Waals surface area contributed by atoms with Gasteiger partial charge in [-0.15, -0.1) is 0 Å². The van der Waals surface area contributed by atoms with Crippen LogP contribution in [0.5, 0.6) is 0 Å². The zero-order valence-corrected chi connectivity index (χ0v) is 8.53. The van der Waals surface area contributed by atoms with E-state index in [4.69, 9.17) is 0 Å². The van der Waals surface area contributed by atoms with Gasteiger partial charge in [-0.1, -0.05) is 0 Å². The standard InChI is InChI=1S/C9H10OTe/c1-2-8-11(10)9-6-4-3-5-7-9/h2-7H,1,8H2. The molecule has 0 aliphatic carbocycles. The molecule has 11 heavy (non-hydrogen) atoms. The van der Waals surface area contributed by atoms with Crippen molar-refractivity contribution in [2.75, 3.05) is 0 Å². The van der Waals surface area contributed by atoms with E-state index in [1.807, 2.05) is 30.3 Å². The summed E-state index contributed by atoms with van der Waals surface area (Å²) in [7, 11) is 0. The predicted octanol–water partition coefficient (Wildman–Crippen LogP) is 1.50. The molecule has 0 aliphatic heterocycles. The van der Waals surface area contributed by atoms with Crippen LogP contribution in [0.1, 0.15) is 0 Å². The summed E-state index contributed by atoms with van der Waals surface area (Å²) in [5, 5.41) is 0. The van der Waals surface area contributed by atoms with Crippen molar-refractivity contribution >= 4 is 23.1 Å². The molecule has 1 nitrogen and oxygen atoms in total. The monoisotopic (exact) mass is 264 g/mol. The second-order valence-electron chi connectivity index (χ2n) is 2.11. The van der Waals surface area contributed by atoms with Gasteiger partial charge in [0.1, 0.15) is 0 Å². The summed E-state index contributed by atoms with van der Waals surface area (Å²) in [5.74, 6) is 0. The van der Waals surface area contributed by atoms with E-state index in [0.29, 0.717) is 4.47 Å². The van der Waals surface area contributed by atoms with Gasteiger partial charge in [0, 0.05) is 0 Å². The van der Waals surface area contributed by atoms with Gasteiger partial charge >= 0.3 is 73.7 Å². The van der Waals surface area contributed by atoms with Gasteiger partial charge in [0.25, 0.3) is 0 Å². The molecule has 0 saturated heterocycles. The third kappa shape index (κ3) is 2.57. The van der Waals surface area contributed by atoms with Gasteiger partial charge < -0.3 is 0 Å². The maximum absolute atomic E-state index is 11.4. The van der Waals surface area contributed by atoms with Gasteiger partial charge in [-0.3, -0.25) is 0 Å². The summed E-state index contributed by atoms with van der Waals surface area (Å²) in [5.41, 5.74) is 0. The van der Waals surface area contributed by atoms with Crippen molar-refractivity contribution in [2.45, 2.75) is 4.47 Å². The summed E-state index contributed by atoms with van der Waals surface area (Å²) < 4.78 is 13.1. The number of rotatable bonds is 3. The van der Waals surface area contributed by atoms with Crippen molar-refractivity contribution < 1.29 is 3.10 Å². The molecular formula is C9H10OTe. The Hall–Kier alpha value is -0.450. The van der Waals surface area contributed by atoms with Crippen LogP contribution in [0.4, 0.5) is 0 Å². The second-order valence-corrected chi connectivity index (χ2v) is 6.38. The zero-order chi connectivity index (χ0) is 8.10. The molecule has 0 bridgehead atoms. The van der Waals surface area contributed by atoms with E-state index in [1.54, 1.807) is 6.08 Å². The van der Waals surface area contributed by atoms with Crippen molar-refractivity contribution in [3.63, 3.8) is 0 Å². The Morgan fingerprint density at radius 1 is 1.36 bits per heavy atom. The fraction of sp³-hybridized carbons (Fsp3) is 0.111. The van der Waals surface area contributed by atoms with Crippen LogP contribution in [0.15, 0.2) is 43.0 Å². The van der Waals surface area contributed by atoms with Crippen LogP contribution in [-0.2, 0) is 3.10 Å². The molecular weight excluding hydrogens is 252 g/mol. The van der Waals surface area contributed by atoms with Crippen LogP contribution < -0.4 is 3.61 Å². The van der Waals surface area contributed by atoms with Crippen molar-refractivity contribution in [1.82, 2.24) is 0 Å². The molecule has 0 radical (unpaired) electrons. The van der Waals surface area contributed by atoms with E-state index in [1.165, 1.54) is 0 Å². The van der Waals surface area contributed by atoms with Crippen molar-refractivity contribution in [1.29, 1.82) is 0 Å². The maximum atomic E-state index is 11.4. The van der Waals surface area contributed by atoms with E-state index >= 15 is 0 Å². The minimum absolute atomic E-state index is 0.674. The first kappa shape index (κ1) is 8.64. The Bertz CT molecular complexity index is 254. The van der Waals surface area contributed by atoms with Crippen molar-refractivity contribution in [3.05, 3.63) is 43.0 Å². The molecule has 0 unspecified atom stereocenters. The van der Waals surface area contributed by atoms with Crippen LogP contribution in [0.25, 0.3) is 0 Å². The molecule has 0 heterocycles. The third-order valence-electron chi connectivity index (χ3n) is 1.28. The van der Waals surface area contributed by atoms with E-state index < -0.39 is 19.5 Å². The Morgan fingerprint density at radius 2 is 2.00 bits per heavy atom. The number of allylic oxidation sites excluding steroid dienone is 1. The van der Waals surface area contributed by atoms with Gasteiger partial charge in [0.05, 0.1) is 0 Å². The van der Waals surface area contributed by atoms with Crippen LogP contribution in [0.3, 0.4) is 0 Å². The number of hydrogen-bond donors (Lipinski definition) is 0. The molecule has 1 aromatic rings. The molecule has 2 heteroatoms. The second kappa shape index (κ2) is 4.43. The average Bonchev–Trinajstić information content (AvgIpc) is 2.07. The molecule has 0 aromatic heterocycles. The Kier molecular flexibility index (Phi) is 3.48. The molecule has 0 N–H and O–H groups in total. The fourth-order valence-corrected chi connectivity index (χ4v) is 3.25. The van der Waals surface area contributed by atoms with E-state index in [9.17, 15) is 3.10 Å². The van der Waals surface area contributed by atoms with Crippen LogP contribution in [0, 0.1) is 0 Å². The molecule has 58 valence electrons. The molecule has 1 aromatic carbocycles. The zero-order valence-electron chi connectivity index (χ0n) is 6.19. The summed E-state index contributed by atoms with van der Waals surface area (Å²) in [6.45, 7) is 3.57. The minimum atomic E-state index is -2.22. The predicted molar refractivity (Wildman–Crippen MR) is 47.5 cm³/mol. The topological polar surface area (TPSA) is 17.1 Å². The van der Waals surface area contributed by atoms with Crippen LogP contribution in [-0.4, -0.2) is 19.5 Å². The molecule has 0 saturated carbocycles. The first-order chi connectivity index (χ1) is 5.34. The summed E-state index contributed by atoms with van der Waals surface area (Å²) in [4.78, 5) is 0.